The predicted octanol–water partition coefficient (Wildman–Crippen LogP) is 3.83. The molecule has 0 spiro atoms. The van der Waals surface area contributed by atoms with Gasteiger partial charge in [0.15, 0.2) is 11.5 Å². The van der Waals surface area contributed by atoms with Crippen molar-refractivity contribution in [1.29, 1.82) is 0 Å². The molecule has 5 heteroatoms. The van der Waals surface area contributed by atoms with Gasteiger partial charge in [-0.15, -0.1) is 0 Å². The van der Waals surface area contributed by atoms with Crippen LogP contribution in [0.2, 0.25) is 0 Å². The normalized spacial score (nSPS) is 11.4. The number of ether oxygens (including phenoxy) is 2. The van der Waals surface area contributed by atoms with Crippen LogP contribution in [0.4, 0.5) is 0 Å². The van der Waals surface area contributed by atoms with E-state index in [0.717, 1.165) is 5.56 Å². The van der Waals surface area contributed by atoms with Crippen LogP contribution in [-0.4, -0.2) is 55.1 Å². The highest BCUT2D eigenvalue weighted by molar-refractivity contribution is 5.79. The molecule has 2 rings (SSSR count). The molecule has 2 aromatic carbocycles. The lowest BCUT2D eigenvalue weighted by Crippen LogP contribution is -2.49. The van der Waals surface area contributed by atoms with Crippen LogP contribution >= 0.6 is 0 Å². The lowest BCUT2D eigenvalue weighted by Gasteiger charge is -2.37. The summed E-state index contributed by atoms with van der Waals surface area (Å²) >= 11 is 0. The Morgan fingerprint density at radius 3 is 2.18 bits per heavy atom. The van der Waals surface area contributed by atoms with E-state index in [9.17, 15) is 4.79 Å². The molecule has 28 heavy (non-hydrogen) atoms. The zero-order valence-corrected chi connectivity index (χ0v) is 17.6. The molecule has 0 aromatic heterocycles. The van der Waals surface area contributed by atoms with E-state index in [1.54, 1.807) is 7.11 Å². The number of benzene rings is 2. The van der Waals surface area contributed by atoms with Gasteiger partial charge < -0.3 is 14.4 Å². The quantitative estimate of drug-likeness (QED) is 0.659. The van der Waals surface area contributed by atoms with E-state index in [-0.39, 0.29) is 11.4 Å². The first-order valence-corrected chi connectivity index (χ1v) is 9.60. The van der Waals surface area contributed by atoms with Crippen LogP contribution in [0.25, 0.3) is 0 Å². The van der Waals surface area contributed by atoms with E-state index in [2.05, 4.69) is 32.9 Å². The molecule has 5 nitrogen and oxygen atoms in total. The average Bonchev–Trinajstić information content (AvgIpc) is 2.66. The number of carbonyl (C=O) groups is 1. The van der Waals surface area contributed by atoms with Gasteiger partial charge in [0, 0.05) is 18.6 Å². The first kappa shape index (κ1) is 21.8. The lowest BCUT2D eigenvalue weighted by atomic mass is 10.0. The van der Waals surface area contributed by atoms with Gasteiger partial charge in [-0.3, -0.25) is 9.69 Å². The number of nitrogens with zero attached hydrogens (tertiary/aromatic N) is 2. The zero-order valence-electron chi connectivity index (χ0n) is 17.6. The Hall–Kier alpha value is -2.53. The van der Waals surface area contributed by atoms with Crippen LogP contribution in [-0.2, 0) is 11.3 Å². The number of hydrogen-bond acceptors (Lipinski definition) is 4. The summed E-state index contributed by atoms with van der Waals surface area (Å²) in [5.41, 5.74) is 0.884. The minimum absolute atomic E-state index is 0.108. The molecule has 0 aliphatic carbocycles. The molecule has 0 aliphatic rings. The molecule has 0 unspecified atom stereocenters. The van der Waals surface area contributed by atoms with E-state index in [0.29, 0.717) is 37.7 Å². The Kier molecular flexibility index (Phi) is 7.88. The summed E-state index contributed by atoms with van der Waals surface area (Å²) in [6, 6.07) is 17.7. The fourth-order valence-electron chi connectivity index (χ4n) is 2.91. The van der Waals surface area contributed by atoms with Crippen LogP contribution in [0.1, 0.15) is 26.3 Å². The highest BCUT2D eigenvalue weighted by Gasteiger charge is 2.27. The fourth-order valence-corrected chi connectivity index (χ4v) is 2.91. The van der Waals surface area contributed by atoms with Crippen LogP contribution in [0, 0.1) is 0 Å². The number of hydrogen-bond donors (Lipinski definition) is 0. The van der Waals surface area contributed by atoms with Gasteiger partial charge in [-0.25, -0.2) is 0 Å². The molecule has 1 amide bonds. The molecule has 0 saturated carbocycles. The van der Waals surface area contributed by atoms with E-state index in [4.69, 9.17) is 9.47 Å². The van der Waals surface area contributed by atoms with Crippen molar-refractivity contribution < 1.29 is 14.3 Å². The minimum Gasteiger partial charge on any atom is -0.493 e. The van der Waals surface area contributed by atoms with Gasteiger partial charge in [0.1, 0.15) is 6.61 Å². The molecular formula is C23H32N2O3. The standard InChI is InChI=1S/C23H32N2O3/c1-23(2,3)25(17-19-11-7-6-8-12-19)22(26)18-24(4)15-16-28-21-14-10-9-13-20(21)27-5/h6-14H,15-18H2,1-5H3. The average molecular weight is 385 g/mol. The highest BCUT2D eigenvalue weighted by atomic mass is 16.5. The summed E-state index contributed by atoms with van der Waals surface area (Å²) in [4.78, 5) is 16.9. The number of rotatable bonds is 9. The van der Waals surface area contributed by atoms with E-state index >= 15 is 0 Å². The van der Waals surface area contributed by atoms with Gasteiger partial charge in [0.25, 0.3) is 0 Å². The second kappa shape index (κ2) is 10.1. The Balaban J connectivity index is 1.89. The third-order valence-corrected chi connectivity index (χ3v) is 4.50. The van der Waals surface area contributed by atoms with Gasteiger partial charge in [-0.1, -0.05) is 42.5 Å². The van der Waals surface area contributed by atoms with Gasteiger partial charge in [-0.2, -0.15) is 0 Å². The molecule has 0 heterocycles. The monoisotopic (exact) mass is 384 g/mol. The number of amides is 1. The molecule has 2 aromatic rings. The van der Waals surface area contributed by atoms with Crippen LogP contribution in [0.15, 0.2) is 54.6 Å². The predicted molar refractivity (Wildman–Crippen MR) is 113 cm³/mol. The van der Waals surface area contributed by atoms with Gasteiger partial charge in [-0.05, 0) is 45.5 Å². The summed E-state index contributed by atoms with van der Waals surface area (Å²) in [5.74, 6) is 1.53. The van der Waals surface area contributed by atoms with Crippen molar-refractivity contribution >= 4 is 5.91 Å². The Bertz CT molecular complexity index is 741. The number of para-hydroxylation sites is 2. The third-order valence-electron chi connectivity index (χ3n) is 4.50. The summed E-state index contributed by atoms with van der Waals surface area (Å²) in [6.07, 6.45) is 0. The summed E-state index contributed by atoms with van der Waals surface area (Å²) in [5, 5.41) is 0. The van der Waals surface area contributed by atoms with Gasteiger partial charge in [0.2, 0.25) is 5.91 Å². The summed E-state index contributed by atoms with van der Waals surface area (Å²) in [6.45, 7) is 8.29. The molecule has 0 saturated heterocycles. The van der Waals surface area contributed by atoms with Crippen molar-refractivity contribution in [2.75, 3.05) is 33.9 Å². The minimum atomic E-state index is -0.248. The maximum Gasteiger partial charge on any atom is 0.237 e. The summed E-state index contributed by atoms with van der Waals surface area (Å²) < 4.78 is 11.1. The first-order chi connectivity index (χ1) is 13.3. The molecule has 0 aliphatic heterocycles. The fraction of sp³-hybridized carbons (Fsp3) is 0.435. The molecule has 152 valence electrons. The summed E-state index contributed by atoms with van der Waals surface area (Å²) in [7, 11) is 3.56. The second-order valence-electron chi connectivity index (χ2n) is 7.87. The Morgan fingerprint density at radius 1 is 0.964 bits per heavy atom. The maximum absolute atomic E-state index is 13.0. The van der Waals surface area contributed by atoms with Crippen LogP contribution in [0.3, 0.4) is 0 Å². The van der Waals surface area contributed by atoms with Crippen molar-refractivity contribution in [2.45, 2.75) is 32.9 Å². The highest BCUT2D eigenvalue weighted by Crippen LogP contribution is 2.25. The van der Waals surface area contributed by atoms with Crippen molar-refractivity contribution in [2.24, 2.45) is 0 Å². The van der Waals surface area contributed by atoms with Crippen molar-refractivity contribution in [3.8, 4) is 11.5 Å². The van der Waals surface area contributed by atoms with E-state index < -0.39 is 0 Å². The van der Waals surface area contributed by atoms with E-state index in [1.807, 2.05) is 59.3 Å². The SMILES string of the molecule is COc1ccccc1OCCN(C)CC(=O)N(Cc1ccccc1)C(C)(C)C. The first-order valence-electron chi connectivity index (χ1n) is 9.60. The zero-order chi connectivity index (χ0) is 20.6. The van der Waals surface area contributed by atoms with Gasteiger partial charge >= 0.3 is 0 Å². The number of methoxy groups -OCH3 is 1. The molecule has 0 N–H and O–H groups in total. The molecular weight excluding hydrogens is 352 g/mol. The second-order valence-corrected chi connectivity index (χ2v) is 7.87. The maximum atomic E-state index is 13.0. The molecule has 0 atom stereocenters. The van der Waals surface area contributed by atoms with Crippen molar-refractivity contribution in [3.05, 3.63) is 60.2 Å². The molecule has 0 bridgehead atoms. The Morgan fingerprint density at radius 2 is 1.57 bits per heavy atom. The topological polar surface area (TPSA) is 42.0 Å². The van der Waals surface area contributed by atoms with Crippen LogP contribution in [0.5, 0.6) is 11.5 Å². The largest absolute Gasteiger partial charge is 0.493 e. The molecule has 0 fully saturated rings. The lowest BCUT2D eigenvalue weighted by molar-refractivity contribution is -0.137. The van der Waals surface area contributed by atoms with Crippen LogP contribution < -0.4 is 9.47 Å². The third kappa shape index (κ3) is 6.57. The molecule has 0 radical (unpaired) electrons. The van der Waals surface area contributed by atoms with Crippen molar-refractivity contribution in [1.82, 2.24) is 9.80 Å². The number of likely N-dealkylation sites (N-methyl/N-ethyl adjacent to an activating group) is 1. The smallest absolute Gasteiger partial charge is 0.237 e. The van der Waals surface area contributed by atoms with E-state index in [1.165, 1.54) is 0 Å². The Labute approximate surface area is 168 Å². The van der Waals surface area contributed by atoms with Gasteiger partial charge in [0.05, 0.1) is 13.7 Å². The van der Waals surface area contributed by atoms with Crippen molar-refractivity contribution in [3.63, 3.8) is 0 Å². The number of carbonyl (C=O) groups excluding carboxylic acids is 1.